The van der Waals surface area contributed by atoms with Crippen molar-refractivity contribution in [1.29, 1.82) is 0 Å². The molecule has 0 aromatic carbocycles. The summed E-state index contributed by atoms with van der Waals surface area (Å²) in [4.78, 5) is 0. The zero-order valence-electron chi connectivity index (χ0n) is 6.65. The summed E-state index contributed by atoms with van der Waals surface area (Å²) < 4.78 is 0.750. The maximum Gasteiger partial charge on any atom is 0.0958 e. The van der Waals surface area contributed by atoms with Crippen LogP contribution in [0.15, 0.2) is 0 Å². The van der Waals surface area contributed by atoms with Crippen LogP contribution in [0, 0.1) is 0 Å². The third kappa shape index (κ3) is 3.73. The minimum Gasteiger partial charge on any atom is -1.00 e. The molecule has 0 radical (unpaired) electrons. The first kappa shape index (κ1) is 10.7. The van der Waals surface area contributed by atoms with Gasteiger partial charge in [-0.2, -0.15) is 5.84 Å². The molecule has 1 heterocycles. The molecule has 0 bridgehead atoms. The molecule has 62 valence electrons. The van der Waals surface area contributed by atoms with Crippen molar-refractivity contribution in [1.82, 2.24) is 0 Å². The first-order valence-electron chi connectivity index (χ1n) is 3.84. The van der Waals surface area contributed by atoms with Crippen LogP contribution in [0.2, 0.25) is 0 Å². The number of hydrogen-bond donors (Lipinski definition) is 1. The molecule has 0 aromatic heterocycles. The van der Waals surface area contributed by atoms with E-state index in [2.05, 4.69) is 7.05 Å². The van der Waals surface area contributed by atoms with E-state index in [4.69, 9.17) is 5.84 Å². The number of hydrogen-bond acceptors (Lipinski definition) is 1. The molecule has 10 heavy (non-hydrogen) atoms. The molecule has 1 rings (SSSR count). The van der Waals surface area contributed by atoms with E-state index in [1.165, 1.54) is 38.8 Å². The van der Waals surface area contributed by atoms with Crippen LogP contribution in [0.5, 0.6) is 0 Å². The first-order chi connectivity index (χ1) is 4.21. The third-order valence-corrected chi connectivity index (χ3v) is 2.09. The molecule has 0 amide bonds. The maximum atomic E-state index is 5.92. The van der Waals surface area contributed by atoms with Crippen LogP contribution in [0.3, 0.4) is 0 Å². The van der Waals surface area contributed by atoms with E-state index < -0.39 is 0 Å². The zero-order chi connectivity index (χ0) is 6.74. The molecule has 0 saturated carbocycles. The summed E-state index contributed by atoms with van der Waals surface area (Å²) in [5.41, 5.74) is 0. The molecule has 0 spiro atoms. The fourth-order valence-corrected chi connectivity index (χ4v) is 1.41. The normalized spacial score (nSPS) is 24.6. The lowest BCUT2D eigenvalue weighted by Gasteiger charge is -2.25. The van der Waals surface area contributed by atoms with Gasteiger partial charge in [0.25, 0.3) is 0 Å². The lowest BCUT2D eigenvalue weighted by Crippen LogP contribution is -3.00. The van der Waals surface area contributed by atoms with Crippen LogP contribution in [-0.4, -0.2) is 24.7 Å². The van der Waals surface area contributed by atoms with Crippen LogP contribution in [0.1, 0.15) is 25.7 Å². The number of likely N-dealkylation sites (tertiary alicyclic amines) is 1. The SMILES string of the molecule is C[N+]1(N)CCCCCC1.[I-]. The zero-order valence-corrected chi connectivity index (χ0v) is 8.80. The third-order valence-electron chi connectivity index (χ3n) is 2.09. The summed E-state index contributed by atoms with van der Waals surface area (Å²) in [7, 11) is 2.12. The van der Waals surface area contributed by atoms with Gasteiger partial charge in [-0.3, -0.25) is 4.59 Å². The Morgan fingerprint density at radius 2 is 1.40 bits per heavy atom. The largest absolute Gasteiger partial charge is 1.00 e. The number of nitrogens with zero attached hydrogens (tertiary/aromatic N) is 1. The Bertz CT molecular complexity index is 83.6. The van der Waals surface area contributed by atoms with Crippen molar-refractivity contribution < 1.29 is 28.6 Å². The highest BCUT2D eigenvalue weighted by Crippen LogP contribution is 2.10. The van der Waals surface area contributed by atoms with E-state index >= 15 is 0 Å². The van der Waals surface area contributed by atoms with Crippen molar-refractivity contribution in [2.24, 2.45) is 5.84 Å². The van der Waals surface area contributed by atoms with Gasteiger partial charge >= 0.3 is 0 Å². The molecular weight excluding hydrogens is 239 g/mol. The van der Waals surface area contributed by atoms with Gasteiger partial charge < -0.3 is 24.0 Å². The molecule has 1 saturated heterocycles. The van der Waals surface area contributed by atoms with E-state index in [9.17, 15) is 0 Å². The van der Waals surface area contributed by atoms with Gasteiger partial charge in [0, 0.05) is 0 Å². The average Bonchev–Trinajstić information content (AvgIpc) is 1.92. The van der Waals surface area contributed by atoms with Crippen molar-refractivity contribution in [2.45, 2.75) is 25.7 Å². The topological polar surface area (TPSA) is 26.0 Å². The lowest BCUT2D eigenvalue weighted by atomic mass is 10.2. The van der Waals surface area contributed by atoms with Gasteiger partial charge in [0.2, 0.25) is 0 Å². The van der Waals surface area contributed by atoms with Gasteiger partial charge in [-0.05, 0) is 25.7 Å². The minimum atomic E-state index is 0. The fourth-order valence-electron chi connectivity index (χ4n) is 1.41. The minimum absolute atomic E-state index is 0. The summed E-state index contributed by atoms with van der Waals surface area (Å²) in [5.74, 6) is 5.92. The lowest BCUT2D eigenvalue weighted by molar-refractivity contribution is -0.920. The van der Waals surface area contributed by atoms with E-state index in [-0.39, 0.29) is 24.0 Å². The van der Waals surface area contributed by atoms with Crippen molar-refractivity contribution in [2.75, 3.05) is 20.1 Å². The quantitative estimate of drug-likeness (QED) is 0.299. The van der Waals surface area contributed by atoms with Crippen LogP contribution in [0.4, 0.5) is 0 Å². The summed E-state index contributed by atoms with van der Waals surface area (Å²) in [6.45, 7) is 2.33. The smallest absolute Gasteiger partial charge is 0.0958 e. The molecule has 1 aliphatic heterocycles. The second-order valence-electron chi connectivity index (χ2n) is 3.34. The highest BCUT2D eigenvalue weighted by Gasteiger charge is 2.17. The molecule has 1 fully saturated rings. The summed E-state index contributed by atoms with van der Waals surface area (Å²) in [5, 5.41) is 0. The fraction of sp³-hybridized carbons (Fsp3) is 1.00. The highest BCUT2D eigenvalue weighted by molar-refractivity contribution is 4.47. The Morgan fingerprint density at radius 3 is 1.80 bits per heavy atom. The Hall–Kier alpha value is 0.650. The predicted octanol–water partition coefficient (Wildman–Crippen LogP) is -2.12. The maximum absolute atomic E-state index is 5.92. The molecule has 3 heteroatoms. The van der Waals surface area contributed by atoms with Gasteiger partial charge in [-0.15, -0.1) is 0 Å². The molecular formula is C7H17IN2. The van der Waals surface area contributed by atoms with Crippen LogP contribution < -0.4 is 29.8 Å². The van der Waals surface area contributed by atoms with Gasteiger partial charge in [0.15, 0.2) is 0 Å². The number of halogens is 1. The Balaban J connectivity index is 0.000000810. The highest BCUT2D eigenvalue weighted by atomic mass is 127. The van der Waals surface area contributed by atoms with Gasteiger partial charge in [0.1, 0.15) is 0 Å². The second-order valence-corrected chi connectivity index (χ2v) is 3.34. The van der Waals surface area contributed by atoms with Crippen molar-refractivity contribution in [3.63, 3.8) is 0 Å². The van der Waals surface area contributed by atoms with Gasteiger partial charge in [0.05, 0.1) is 20.1 Å². The van der Waals surface area contributed by atoms with E-state index in [1.807, 2.05) is 0 Å². The second kappa shape index (κ2) is 4.51. The number of nitrogens with two attached hydrogens (primary N) is 1. The van der Waals surface area contributed by atoms with Gasteiger partial charge in [-0.1, -0.05) is 0 Å². The molecule has 1 aliphatic rings. The van der Waals surface area contributed by atoms with Crippen molar-refractivity contribution in [3.05, 3.63) is 0 Å². The van der Waals surface area contributed by atoms with Crippen molar-refractivity contribution >= 4 is 0 Å². The first-order valence-corrected chi connectivity index (χ1v) is 3.84. The Morgan fingerprint density at radius 1 is 1.00 bits per heavy atom. The summed E-state index contributed by atoms with van der Waals surface area (Å²) in [6, 6.07) is 0. The standard InChI is InChI=1S/C7H17N2.HI/c1-9(8)6-4-2-3-5-7-9;/h2-8H2,1H3;1H/q+1;/p-1. The monoisotopic (exact) mass is 256 g/mol. The van der Waals surface area contributed by atoms with E-state index in [0.717, 1.165) is 4.59 Å². The van der Waals surface area contributed by atoms with E-state index in [1.54, 1.807) is 0 Å². The Kier molecular flexibility index (Phi) is 4.81. The average molecular weight is 256 g/mol. The Labute approximate surface area is 80.3 Å². The van der Waals surface area contributed by atoms with Crippen LogP contribution in [0.25, 0.3) is 0 Å². The molecule has 2 N–H and O–H groups in total. The van der Waals surface area contributed by atoms with Crippen LogP contribution >= 0.6 is 0 Å². The molecule has 0 atom stereocenters. The number of quaternary nitrogens is 1. The van der Waals surface area contributed by atoms with Gasteiger partial charge in [-0.25, -0.2) is 0 Å². The molecule has 0 aliphatic carbocycles. The van der Waals surface area contributed by atoms with Crippen LogP contribution in [-0.2, 0) is 0 Å². The number of rotatable bonds is 0. The summed E-state index contributed by atoms with van der Waals surface area (Å²) >= 11 is 0. The molecule has 0 unspecified atom stereocenters. The van der Waals surface area contributed by atoms with E-state index in [0.29, 0.717) is 0 Å². The predicted molar refractivity (Wildman–Crippen MR) is 38.6 cm³/mol. The van der Waals surface area contributed by atoms with Crippen molar-refractivity contribution in [3.8, 4) is 0 Å². The molecule has 0 aromatic rings. The molecule has 2 nitrogen and oxygen atoms in total. The summed E-state index contributed by atoms with van der Waals surface area (Å²) in [6.07, 6.45) is 5.38.